The van der Waals surface area contributed by atoms with Crippen molar-refractivity contribution in [2.75, 3.05) is 0 Å². The number of aromatic nitrogens is 2. The molecule has 0 bridgehead atoms. The van der Waals surface area contributed by atoms with Crippen LogP contribution in [0.2, 0.25) is 0 Å². The summed E-state index contributed by atoms with van der Waals surface area (Å²) in [7, 11) is 1.98. The van der Waals surface area contributed by atoms with Crippen LogP contribution in [-0.2, 0) is 19.9 Å². The summed E-state index contributed by atoms with van der Waals surface area (Å²) in [5, 5.41) is 4.48. The van der Waals surface area contributed by atoms with E-state index in [2.05, 4.69) is 80.2 Å². The topological polar surface area (TPSA) is 55.9 Å². The summed E-state index contributed by atoms with van der Waals surface area (Å²) in [4.78, 5) is 0. The van der Waals surface area contributed by atoms with Crippen molar-refractivity contribution in [2.24, 2.45) is 12.9 Å². The van der Waals surface area contributed by atoms with Gasteiger partial charge >= 0.3 is 0 Å². The summed E-state index contributed by atoms with van der Waals surface area (Å²) in [6.45, 7) is 2.11. The van der Waals surface area contributed by atoms with E-state index in [1.807, 2.05) is 11.7 Å². The van der Waals surface area contributed by atoms with Crippen molar-refractivity contribution in [3.63, 3.8) is 0 Å². The second-order valence-electron chi connectivity index (χ2n) is 4.69. The summed E-state index contributed by atoms with van der Waals surface area (Å²) >= 11 is 5.91. The highest BCUT2D eigenvalue weighted by Crippen LogP contribution is 2.27. The fourth-order valence-corrected chi connectivity index (χ4v) is 3.22. The van der Waals surface area contributed by atoms with E-state index < -0.39 is 0 Å². The number of hydrogen-bond donors (Lipinski definition) is 2. The van der Waals surface area contributed by atoms with E-state index in [9.17, 15) is 0 Å². The molecule has 1 aromatic carbocycles. The first-order valence-corrected chi connectivity index (χ1v) is 8.35. The van der Waals surface area contributed by atoms with E-state index in [4.69, 9.17) is 5.84 Å². The van der Waals surface area contributed by atoms with Gasteiger partial charge in [0.25, 0.3) is 0 Å². The Kier molecular flexibility index (Phi) is 5.59. The molecule has 0 aliphatic rings. The molecule has 1 heterocycles. The largest absolute Gasteiger partial charge is 0.272 e. The van der Waals surface area contributed by atoms with Gasteiger partial charge in [0, 0.05) is 27.2 Å². The minimum Gasteiger partial charge on any atom is -0.272 e. The third kappa shape index (κ3) is 3.60. The van der Waals surface area contributed by atoms with Crippen LogP contribution in [0.4, 0.5) is 0 Å². The average molecular weight is 449 g/mol. The fraction of sp³-hybridized carbons (Fsp3) is 0.357. The standard InChI is InChI=1S/C14H18BrIN4/c1-3-10-7-11(20(2)19-10)8-14(18-17)12-6-9(16)4-5-13(12)15/h4-7,14,18H,3,8,17H2,1-2H3. The predicted octanol–water partition coefficient (Wildman–Crippen LogP) is 3.10. The Balaban J connectivity index is 2.28. The van der Waals surface area contributed by atoms with Crippen LogP contribution in [0.15, 0.2) is 28.7 Å². The van der Waals surface area contributed by atoms with Crippen LogP contribution < -0.4 is 11.3 Å². The maximum Gasteiger partial charge on any atom is 0.0624 e. The average Bonchev–Trinajstić information content (AvgIpc) is 2.79. The van der Waals surface area contributed by atoms with Crippen molar-refractivity contribution < 1.29 is 0 Å². The minimum atomic E-state index is 0.0548. The Labute approximate surface area is 141 Å². The Morgan fingerprint density at radius 3 is 2.80 bits per heavy atom. The van der Waals surface area contributed by atoms with Crippen LogP contribution in [0.5, 0.6) is 0 Å². The van der Waals surface area contributed by atoms with Crippen LogP contribution in [0.3, 0.4) is 0 Å². The highest BCUT2D eigenvalue weighted by atomic mass is 127. The third-order valence-corrected chi connectivity index (χ3v) is 4.73. The zero-order valence-corrected chi connectivity index (χ0v) is 15.3. The normalized spacial score (nSPS) is 12.7. The molecule has 20 heavy (non-hydrogen) atoms. The van der Waals surface area contributed by atoms with E-state index in [1.54, 1.807) is 0 Å². The van der Waals surface area contributed by atoms with Gasteiger partial charge in [-0.2, -0.15) is 5.10 Å². The number of nitrogens with zero attached hydrogens (tertiary/aromatic N) is 2. The molecule has 1 atom stereocenters. The smallest absolute Gasteiger partial charge is 0.0624 e. The van der Waals surface area contributed by atoms with Crippen LogP contribution in [-0.4, -0.2) is 9.78 Å². The molecule has 2 rings (SSSR count). The SMILES string of the molecule is CCc1cc(CC(NN)c2cc(I)ccc2Br)n(C)n1. The van der Waals surface area contributed by atoms with Crippen molar-refractivity contribution in [1.29, 1.82) is 0 Å². The first kappa shape index (κ1) is 15.9. The molecule has 0 aliphatic heterocycles. The van der Waals surface area contributed by atoms with Crippen molar-refractivity contribution in [1.82, 2.24) is 15.2 Å². The highest BCUT2D eigenvalue weighted by Gasteiger charge is 2.16. The van der Waals surface area contributed by atoms with E-state index in [1.165, 1.54) is 14.8 Å². The summed E-state index contributed by atoms with van der Waals surface area (Å²) in [6.07, 6.45) is 1.75. The molecule has 4 nitrogen and oxygen atoms in total. The second-order valence-corrected chi connectivity index (χ2v) is 6.79. The quantitative estimate of drug-likeness (QED) is 0.419. The maximum atomic E-state index is 5.76. The molecule has 0 aliphatic carbocycles. The van der Waals surface area contributed by atoms with Gasteiger partial charge in [0.05, 0.1) is 11.7 Å². The summed E-state index contributed by atoms with van der Waals surface area (Å²) in [5.41, 5.74) is 6.37. The number of hydrazine groups is 1. The van der Waals surface area contributed by atoms with Crippen LogP contribution >= 0.6 is 38.5 Å². The summed E-state index contributed by atoms with van der Waals surface area (Å²) < 4.78 is 4.20. The van der Waals surface area contributed by atoms with E-state index in [-0.39, 0.29) is 6.04 Å². The molecule has 1 aromatic heterocycles. The molecule has 6 heteroatoms. The first-order valence-electron chi connectivity index (χ1n) is 6.48. The number of hydrogen-bond acceptors (Lipinski definition) is 3. The van der Waals surface area contributed by atoms with Gasteiger partial charge in [-0.15, -0.1) is 0 Å². The van der Waals surface area contributed by atoms with Crippen LogP contribution in [0.25, 0.3) is 0 Å². The molecule has 108 valence electrons. The highest BCUT2D eigenvalue weighted by molar-refractivity contribution is 14.1. The lowest BCUT2D eigenvalue weighted by Crippen LogP contribution is -2.30. The Morgan fingerprint density at radius 2 is 2.20 bits per heavy atom. The van der Waals surface area contributed by atoms with Gasteiger partial charge in [0.15, 0.2) is 0 Å². The van der Waals surface area contributed by atoms with Gasteiger partial charge in [-0.1, -0.05) is 22.9 Å². The van der Waals surface area contributed by atoms with E-state index in [0.717, 1.165) is 23.0 Å². The molecule has 3 N–H and O–H groups in total. The summed E-state index contributed by atoms with van der Waals surface area (Å²) in [5.74, 6) is 5.76. The van der Waals surface area contributed by atoms with Gasteiger partial charge < -0.3 is 0 Å². The fourth-order valence-electron chi connectivity index (χ4n) is 2.18. The van der Waals surface area contributed by atoms with Gasteiger partial charge in [0.1, 0.15) is 0 Å². The molecule has 0 saturated carbocycles. The Bertz CT molecular complexity index is 597. The number of halogens is 2. The number of aryl methyl sites for hydroxylation is 2. The molecular formula is C14H18BrIN4. The lowest BCUT2D eigenvalue weighted by molar-refractivity contribution is 0.528. The van der Waals surface area contributed by atoms with Gasteiger partial charge in [0.2, 0.25) is 0 Å². The Morgan fingerprint density at radius 1 is 1.45 bits per heavy atom. The zero-order chi connectivity index (χ0) is 14.7. The van der Waals surface area contributed by atoms with E-state index >= 15 is 0 Å². The molecule has 2 aromatic rings. The zero-order valence-electron chi connectivity index (χ0n) is 11.5. The lowest BCUT2D eigenvalue weighted by Gasteiger charge is -2.18. The minimum absolute atomic E-state index is 0.0548. The first-order chi connectivity index (χ1) is 9.55. The number of nitrogens with two attached hydrogens (primary N) is 1. The van der Waals surface area contributed by atoms with Crippen molar-refractivity contribution in [3.05, 3.63) is 49.3 Å². The summed E-state index contributed by atoms with van der Waals surface area (Å²) in [6, 6.07) is 8.47. The van der Waals surface area contributed by atoms with Crippen LogP contribution in [0.1, 0.15) is 29.9 Å². The van der Waals surface area contributed by atoms with Crippen LogP contribution in [0, 0.1) is 3.57 Å². The third-order valence-electron chi connectivity index (χ3n) is 3.34. The van der Waals surface area contributed by atoms with Gasteiger partial charge in [-0.05, 0) is 58.8 Å². The molecule has 0 fully saturated rings. The predicted molar refractivity (Wildman–Crippen MR) is 93.2 cm³/mol. The molecule has 0 radical (unpaired) electrons. The lowest BCUT2D eigenvalue weighted by atomic mass is 10.0. The van der Waals surface area contributed by atoms with Gasteiger partial charge in [-0.25, -0.2) is 0 Å². The van der Waals surface area contributed by atoms with Crippen molar-refractivity contribution in [2.45, 2.75) is 25.8 Å². The maximum absolute atomic E-state index is 5.76. The molecule has 0 amide bonds. The van der Waals surface area contributed by atoms with E-state index in [0.29, 0.717) is 0 Å². The second kappa shape index (κ2) is 7.02. The number of nitrogens with one attached hydrogen (secondary N) is 1. The monoisotopic (exact) mass is 448 g/mol. The number of rotatable bonds is 5. The van der Waals surface area contributed by atoms with Gasteiger partial charge in [-0.3, -0.25) is 16.0 Å². The Hall–Kier alpha value is -0.440. The molecule has 0 saturated heterocycles. The number of benzene rings is 1. The molecular weight excluding hydrogens is 431 g/mol. The van der Waals surface area contributed by atoms with Crippen molar-refractivity contribution in [3.8, 4) is 0 Å². The van der Waals surface area contributed by atoms with Crippen molar-refractivity contribution >= 4 is 38.5 Å². The molecule has 0 spiro atoms. The molecule has 1 unspecified atom stereocenters.